The van der Waals surface area contributed by atoms with E-state index < -0.39 is 0 Å². The number of nitrogens with zero attached hydrogens (tertiary/aromatic N) is 3. The maximum atomic E-state index is 12.5. The zero-order valence-electron chi connectivity index (χ0n) is 18.5. The van der Waals surface area contributed by atoms with Crippen molar-refractivity contribution in [1.29, 1.82) is 0 Å². The van der Waals surface area contributed by atoms with Crippen molar-refractivity contribution in [1.82, 2.24) is 15.2 Å². The molecule has 0 radical (unpaired) electrons. The van der Waals surface area contributed by atoms with Crippen LogP contribution >= 0.6 is 0 Å². The number of oxazole rings is 1. The van der Waals surface area contributed by atoms with Gasteiger partial charge in [-0.15, -0.1) is 0 Å². The van der Waals surface area contributed by atoms with Gasteiger partial charge in [0.05, 0.1) is 12.6 Å². The number of carbonyl (C=O) groups excluding carboxylic acids is 1. The van der Waals surface area contributed by atoms with E-state index in [9.17, 15) is 4.79 Å². The van der Waals surface area contributed by atoms with Gasteiger partial charge in [-0.1, -0.05) is 42.5 Å². The minimum atomic E-state index is -0.217. The average Bonchev–Trinajstić information content (AvgIpc) is 3.25. The first-order chi connectivity index (χ1) is 15.0. The van der Waals surface area contributed by atoms with Gasteiger partial charge in [0.15, 0.2) is 5.69 Å². The summed E-state index contributed by atoms with van der Waals surface area (Å²) < 4.78 is 5.59. The molecule has 3 aromatic rings. The molecule has 6 heteroatoms. The van der Waals surface area contributed by atoms with Gasteiger partial charge in [-0.05, 0) is 43.5 Å². The molecule has 2 aromatic carbocycles. The maximum absolute atomic E-state index is 12.5. The van der Waals surface area contributed by atoms with Gasteiger partial charge < -0.3 is 14.6 Å². The monoisotopic (exact) mass is 418 g/mol. The molecule has 0 unspecified atom stereocenters. The molecule has 6 nitrogen and oxygen atoms in total. The number of piperazine rings is 1. The molecular weight excluding hydrogens is 388 g/mol. The Labute approximate surface area is 183 Å². The second kappa shape index (κ2) is 9.35. The van der Waals surface area contributed by atoms with Crippen LogP contribution in [-0.4, -0.2) is 42.0 Å². The van der Waals surface area contributed by atoms with Crippen LogP contribution in [0.25, 0.3) is 0 Å². The molecule has 0 bridgehead atoms. The number of hydrogen-bond donors (Lipinski definition) is 1. The Kier molecular flexibility index (Phi) is 6.37. The molecule has 1 fully saturated rings. The largest absolute Gasteiger partial charge is 0.447 e. The Morgan fingerprint density at radius 3 is 2.55 bits per heavy atom. The van der Waals surface area contributed by atoms with Crippen LogP contribution in [0.15, 0.2) is 59.2 Å². The summed E-state index contributed by atoms with van der Waals surface area (Å²) in [4.78, 5) is 21.7. The highest BCUT2D eigenvalue weighted by molar-refractivity contribution is 5.92. The summed E-state index contributed by atoms with van der Waals surface area (Å²) in [5.41, 5.74) is 5.38. The number of hydrogen-bond acceptors (Lipinski definition) is 5. The Morgan fingerprint density at radius 1 is 1.06 bits per heavy atom. The SMILES string of the molecule is Cc1cccc(N2CCN(Cc3nc(C(=O)N[C@@H](C)c4ccccc4)co3)CC2)c1C. The molecule has 1 N–H and O–H groups in total. The fraction of sp³-hybridized carbons (Fsp3) is 0.360. The lowest BCUT2D eigenvalue weighted by Crippen LogP contribution is -2.46. The molecule has 4 rings (SSSR count). The molecule has 2 heterocycles. The van der Waals surface area contributed by atoms with E-state index in [1.807, 2.05) is 37.3 Å². The normalized spacial score (nSPS) is 15.6. The highest BCUT2D eigenvalue weighted by atomic mass is 16.3. The minimum Gasteiger partial charge on any atom is -0.447 e. The maximum Gasteiger partial charge on any atom is 0.273 e. The number of benzene rings is 2. The first-order valence-electron chi connectivity index (χ1n) is 10.8. The van der Waals surface area contributed by atoms with Gasteiger partial charge in [0.2, 0.25) is 5.89 Å². The molecule has 1 aliphatic heterocycles. The molecule has 1 amide bonds. The molecule has 0 saturated carbocycles. The van der Waals surface area contributed by atoms with Crippen molar-refractivity contribution in [2.45, 2.75) is 33.4 Å². The summed E-state index contributed by atoms with van der Waals surface area (Å²) in [5, 5.41) is 2.98. The lowest BCUT2D eigenvalue weighted by atomic mass is 10.1. The molecular formula is C25H30N4O2. The first kappa shape index (κ1) is 21.1. The Morgan fingerprint density at radius 2 is 1.81 bits per heavy atom. The third-order valence-electron chi connectivity index (χ3n) is 6.08. The Balaban J connectivity index is 1.30. The van der Waals surface area contributed by atoms with Crippen molar-refractivity contribution in [2.24, 2.45) is 0 Å². The number of amides is 1. The molecule has 0 aliphatic carbocycles. The number of aromatic nitrogens is 1. The predicted octanol–water partition coefficient (Wildman–Crippen LogP) is 4.10. The number of rotatable bonds is 6. The predicted molar refractivity (Wildman–Crippen MR) is 122 cm³/mol. The van der Waals surface area contributed by atoms with E-state index in [-0.39, 0.29) is 11.9 Å². The van der Waals surface area contributed by atoms with Gasteiger partial charge in [-0.2, -0.15) is 0 Å². The van der Waals surface area contributed by atoms with E-state index in [1.165, 1.54) is 23.1 Å². The van der Waals surface area contributed by atoms with Crippen LogP contribution in [0.1, 0.15) is 46.0 Å². The lowest BCUT2D eigenvalue weighted by Gasteiger charge is -2.36. The number of nitrogens with one attached hydrogen (secondary N) is 1. The molecule has 1 atom stereocenters. The topological polar surface area (TPSA) is 61.6 Å². The summed E-state index contributed by atoms with van der Waals surface area (Å²) in [7, 11) is 0. The summed E-state index contributed by atoms with van der Waals surface area (Å²) in [6, 6.07) is 16.3. The molecule has 1 aromatic heterocycles. The van der Waals surface area contributed by atoms with Gasteiger partial charge in [-0.3, -0.25) is 9.69 Å². The van der Waals surface area contributed by atoms with Gasteiger partial charge >= 0.3 is 0 Å². The minimum absolute atomic E-state index is 0.0907. The summed E-state index contributed by atoms with van der Waals surface area (Å²) >= 11 is 0. The zero-order valence-corrected chi connectivity index (χ0v) is 18.5. The van der Waals surface area contributed by atoms with E-state index in [0.29, 0.717) is 18.1 Å². The van der Waals surface area contributed by atoms with E-state index >= 15 is 0 Å². The van der Waals surface area contributed by atoms with Crippen molar-refractivity contribution in [3.63, 3.8) is 0 Å². The number of anilines is 1. The van der Waals surface area contributed by atoms with Crippen LogP contribution in [0.5, 0.6) is 0 Å². The first-order valence-corrected chi connectivity index (χ1v) is 10.8. The van der Waals surface area contributed by atoms with Gasteiger partial charge in [-0.25, -0.2) is 4.98 Å². The van der Waals surface area contributed by atoms with Gasteiger partial charge in [0, 0.05) is 31.9 Å². The fourth-order valence-corrected chi connectivity index (χ4v) is 4.00. The van der Waals surface area contributed by atoms with Crippen molar-refractivity contribution in [3.05, 3.63) is 83.1 Å². The van der Waals surface area contributed by atoms with Crippen LogP contribution in [-0.2, 0) is 6.54 Å². The third-order valence-corrected chi connectivity index (χ3v) is 6.08. The smallest absolute Gasteiger partial charge is 0.273 e. The highest BCUT2D eigenvalue weighted by Gasteiger charge is 2.21. The van der Waals surface area contributed by atoms with Gasteiger partial charge in [0.1, 0.15) is 6.26 Å². The van der Waals surface area contributed by atoms with Crippen molar-refractivity contribution >= 4 is 11.6 Å². The standard InChI is InChI=1S/C25H30N4O2/c1-18-8-7-11-23(19(18)2)29-14-12-28(13-15-29)16-24-27-22(17-31-24)25(30)26-20(3)21-9-5-4-6-10-21/h4-11,17,20H,12-16H2,1-3H3,(H,26,30)/t20-/m0/s1. The van der Waals surface area contributed by atoms with Crippen LogP contribution in [0.4, 0.5) is 5.69 Å². The molecule has 1 aliphatic rings. The quantitative estimate of drug-likeness (QED) is 0.653. The fourth-order valence-electron chi connectivity index (χ4n) is 4.00. The highest BCUT2D eigenvalue weighted by Crippen LogP contribution is 2.24. The van der Waals surface area contributed by atoms with E-state index in [0.717, 1.165) is 31.7 Å². The van der Waals surface area contributed by atoms with E-state index in [4.69, 9.17) is 4.42 Å². The van der Waals surface area contributed by atoms with Crippen LogP contribution in [0.3, 0.4) is 0 Å². The van der Waals surface area contributed by atoms with Crippen molar-refractivity contribution in [2.75, 3.05) is 31.1 Å². The molecule has 31 heavy (non-hydrogen) atoms. The Hall–Kier alpha value is -3.12. The van der Waals surface area contributed by atoms with E-state index in [2.05, 4.69) is 52.1 Å². The van der Waals surface area contributed by atoms with Gasteiger partial charge in [0.25, 0.3) is 5.91 Å². The zero-order chi connectivity index (χ0) is 21.8. The lowest BCUT2D eigenvalue weighted by molar-refractivity contribution is 0.0934. The summed E-state index contributed by atoms with van der Waals surface area (Å²) in [6.07, 6.45) is 1.45. The number of aryl methyl sites for hydroxylation is 1. The van der Waals surface area contributed by atoms with Crippen LogP contribution in [0.2, 0.25) is 0 Å². The second-order valence-corrected chi connectivity index (χ2v) is 8.21. The molecule has 162 valence electrons. The summed E-state index contributed by atoms with van der Waals surface area (Å²) in [5.74, 6) is 0.365. The van der Waals surface area contributed by atoms with Crippen molar-refractivity contribution < 1.29 is 9.21 Å². The molecule has 0 spiro atoms. The second-order valence-electron chi connectivity index (χ2n) is 8.21. The van der Waals surface area contributed by atoms with Crippen LogP contribution in [0, 0.1) is 13.8 Å². The van der Waals surface area contributed by atoms with E-state index in [1.54, 1.807) is 0 Å². The number of carbonyl (C=O) groups is 1. The van der Waals surface area contributed by atoms with Crippen LogP contribution < -0.4 is 10.2 Å². The van der Waals surface area contributed by atoms with Crippen molar-refractivity contribution in [3.8, 4) is 0 Å². The molecule has 1 saturated heterocycles. The third kappa shape index (κ3) is 4.97. The Bertz CT molecular complexity index is 1020. The summed E-state index contributed by atoms with van der Waals surface area (Å²) in [6.45, 7) is 10.7. The average molecular weight is 419 g/mol.